The average Bonchev–Trinajstić information content (AvgIpc) is 2.97. The Morgan fingerprint density at radius 2 is 1.29 bits per heavy atom. The molecule has 0 aromatic heterocycles. The smallest absolute Gasteiger partial charge is 0.387 e. The number of allylic oxidation sites excluding steroid dienone is 7. The monoisotopic (exact) mass is 655 g/mol. The number of carbonyl (C=O) groups is 1. The van der Waals surface area contributed by atoms with E-state index in [4.69, 9.17) is 9.05 Å². The van der Waals surface area contributed by atoms with E-state index < -0.39 is 20.0 Å². The highest BCUT2D eigenvalue weighted by Crippen LogP contribution is 2.43. The fourth-order valence-corrected chi connectivity index (χ4v) is 5.16. The van der Waals surface area contributed by atoms with E-state index in [1.807, 2.05) is 27.2 Å². The first-order chi connectivity index (χ1) is 21.5. The van der Waals surface area contributed by atoms with Crippen molar-refractivity contribution in [3.05, 3.63) is 48.6 Å². The minimum absolute atomic E-state index is 0.0490. The maximum Gasteiger partial charge on any atom is 0.472 e. The summed E-state index contributed by atoms with van der Waals surface area (Å²) in [5.74, 6) is -0.214. The summed E-state index contributed by atoms with van der Waals surface area (Å²) >= 11 is 0. The van der Waals surface area contributed by atoms with Gasteiger partial charge in [-0.25, -0.2) is 4.57 Å². The standard InChI is InChI=1S/C36H67N2O6P/c1-6-8-10-12-14-16-18-19-20-22-24-26-28-30-36(40)37-34(33-44-45(41,42)43-32-31-38(3,4)5)35(39)29-27-25-23-21-17-15-13-11-9-7-2/h9,11,17,19-21,27,29,34-35,39H,6-8,10,12-16,18,22-26,28,30-33H2,1-5H3,(H-,37,40,41,42)/p+1/b11-9+,20-19-,21-17+,29-27+. The number of carbonyl (C=O) groups excluding carboxylic acids is 1. The number of aliphatic hydroxyl groups is 1. The topological polar surface area (TPSA) is 105 Å². The van der Waals surface area contributed by atoms with E-state index in [-0.39, 0.29) is 19.1 Å². The summed E-state index contributed by atoms with van der Waals surface area (Å²) in [5.41, 5.74) is 0. The zero-order valence-corrected chi connectivity index (χ0v) is 30.2. The van der Waals surface area contributed by atoms with Crippen LogP contribution >= 0.6 is 7.82 Å². The summed E-state index contributed by atoms with van der Waals surface area (Å²) < 4.78 is 23.3. The van der Waals surface area contributed by atoms with Crippen LogP contribution in [0.1, 0.15) is 123 Å². The van der Waals surface area contributed by atoms with E-state index in [0.29, 0.717) is 17.4 Å². The summed E-state index contributed by atoms with van der Waals surface area (Å²) in [6.45, 7) is 4.59. The molecule has 3 N–H and O–H groups in total. The predicted octanol–water partition coefficient (Wildman–Crippen LogP) is 8.57. The molecule has 3 unspecified atom stereocenters. The molecular formula is C36H68N2O6P+. The van der Waals surface area contributed by atoms with Crippen molar-refractivity contribution < 1.29 is 32.9 Å². The van der Waals surface area contributed by atoms with E-state index in [1.165, 1.54) is 38.5 Å². The van der Waals surface area contributed by atoms with E-state index in [1.54, 1.807) is 6.08 Å². The van der Waals surface area contributed by atoms with Crippen LogP contribution in [-0.4, -0.2) is 73.4 Å². The molecule has 0 spiro atoms. The SMILES string of the molecule is CC/C=C/CC/C=C/CC/C=C/C(O)C(COP(=O)(O)OCC[N+](C)(C)C)NC(=O)CCCCC/C=C\CCCCCCCC. The molecule has 8 nitrogen and oxygen atoms in total. The molecule has 9 heteroatoms. The highest BCUT2D eigenvalue weighted by atomic mass is 31.2. The Morgan fingerprint density at radius 3 is 1.89 bits per heavy atom. The zero-order valence-electron chi connectivity index (χ0n) is 29.3. The Labute approximate surface area is 276 Å². The van der Waals surface area contributed by atoms with Crippen molar-refractivity contribution in [2.45, 2.75) is 135 Å². The average molecular weight is 656 g/mol. The van der Waals surface area contributed by atoms with Crippen molar-refractivity contribution in [2.75, 3.05) is 40.9 Å². The number of likely N-dealkylation sites (N-methyl/N-ethyl adjacent to an activating group) is 1. The second-order valence-electron chi connectivity index (χ2n) is 12.8. The van der Waals surface area contributed by atoms with Crippen LogP contribution in [-0.2, 0) is 18.4 Å². The molecule has 0 rings (SSSR count). The summed E-state index contributed by atoms with van der Waals surface area (Å²) in [5, 5.41) is 13.6. The van der Waals surface area contributed by atoms with Crippen LogP contribution in [0.2, 0.25) is 0 Å². The molecule has 0 fully saturated rings. The van der Waals surface area contributed by atoms with E-state index in [0.717, 1.165) is 64.2 Å². The van der Waals surface area contributed by atoms with Gasteiger partial charge in [0.25, 0.3) is 0 Å². The number of rotatable bonds is 30. The molecule has 1 amide bonds. The molecule has 0 aromatic carbocycles. The van der Waals surface area contributed by atoms with Gasteiger partial charge >= 0.3 is 7.82 Å². The van der Waals surface area contributed by atoms with Crippen LogP contribution in [0.25, 0.3) is 0 Å². The number of aliphatic hydroxyl groups excluding tert-OH is 1. The van der Waals surface area contributed by atoms with Gasteiger partial charge in [0.15, 0.2) is 0 Å². The normalized spacial score (nSPS) is 15.4. The van der Waals surface area contributed by atoms with Crippen molar-refractivity contribution >= 4 is 13.7 Å². The summed E-state index contributed by atoms with van der Waals surface area (Å²) in [7, 11) is 1.52. The lowest BCUT2D eigenvalue weighted by atomic mass is 10.1. The molecule has 0 radical (unpaired) electrons. The van der Waals surface area contributed by atoms with Crippen molar-refractivity contribution in [3.8, 4) is 0 Å². The molecule has 3 atom stereocenters. The van der Waals surface area contributed by atoms with Gasteiger partial charge in [-0.3, -0.25) is 13.8 Å². The van der Waals surface area contributed by atoms with Gasteiger partial charge in [-0.2, -0.15) is 0 Å². The highest BCUT2D eigenvalue weighted by Gasteiger charge is 2.27. The third-order valence-corrected chi connectivity index (χ3v) is 8.24. The van der Waals surface area contributed by atoms with Crippen molar-refractivity contribution in [1.82, 2.24) is 5.32 Å². The minimum Gasteiger partial charge on any atom is -0.387 e. The van der Waals surface area contributed by atoms with Crippen molar-refractivity contribution in [1.29, 1.82) is 0 Å². The third kappa shape index (κ3) is 30.9. The molecule has 0 heterocycles. The Morgan fingerprint density at radius 1 is 0.756 bits per heavy atom. The van der Waals surface area contributed by atoms with Crippen LogP contribution in [0.4, 0.5) is 0 Å². The Bertz CT molecular complexity index is 881. The lowest BCUT2D eigenvalue weighted by Gasteiger charge is -2.25. The second kappa shape index (κ2) is 28.7. The molecule has 0 bridgehead atoms. The van der Waals surface area contributed by atoms with Gasteiger partial charge in [0.1, 0.15) is 13.2 Å². The number of nitrogens with zero attached hydrogens (tertiary/aromatic N) is 1. The zero-order chi connectivity index (χ0) is 33.7. The molecular weight excluding hydrogens is 587 g/mol. The minimum atomic E-state index is -4.34. The lowest BCUT2D eigenvalue weighted by Crippen LogP contribution is -2.45. The fourth-order valence-electron chi connectivity index (χ4n) is 4.42. The maximum absolute atomic E-state index is 12.7. The predicted molar refractivity (Wildman–Crippen MR) is 189 cm³/mol. The van der Waals surface area contributed by atoms with Gasteiger partial charge in [0.2, 0.25) is 5.91 Å². The van der Waals surface area contributed by atoms with Crippen molar-refractivity contribution in [2.24, 2.45) is 0 Å². The van der Waals surface area contributed by atoms with Gasteiger partial charge < -0.3 is 19.8 Å². The molecule has 0 aliphatic rings. The number of unbranched alkanes of at least 4 members (excludes halogenated alkanes) is 11. The number of nitrogens with one attached hydrogen (secondary N) is 1. The molecule has 262 valence electrons. The molecule has 0 saturated heterocycles. The lowest BCUT2D eigenvalue weighted by molar-refractivity contribution is -0.870. The summed E-state index contributed by atoms with van der Waals surface area (Å²) in [6, 6.07) is -0.873. The highest BCUT2D eigenvalue weighted by molar-refractivity contribution is 7.47. The van der Waals surface area contributed by atoms with Gasteiger partial charge in [0, 0.05) is 6.42 Å². The van der Waals surface area contributed by atoms with Gasteiger partial charge in [-0.05, 0) is 64.2 Å². The molecule has 0 saturated carbocycles. The number of hydrogen-bond donors (Lipinski definition) is 3. The quantitative estimate of drug-likeness (QED) is 0.0310. The first-order valence-electron chi connectivity index (χ1n) is 17.5. The van der Waals surface area contributed by atoms with Crippen LogP contribution in [0.3, 0.4) is 0 Å². The van der Waals surface area contributed by atoms with Gasteiger partial charge in [-0.15, -0.1) is 0 Å². The van der Waals surface area contributed by atoms with Crippen molar-refractivity contribution in [3.63, 3.8) is 0 Å². The number of amides is 1. The third-order valence-electron chi connectivity index (χ3n) is 7.26. The number of hydrogen-bond acceptors (Lipinski definition) is 5. The molecule has 0 aliphatic heterocycles. The maximum atomic E-state index is 12.7. The first-order valence-corrected chi connectivity index (χ1v) is 19.0. The van der Waals surface area contributed by atoms with Gasteiger partial charge in [-0.1, -0.05) is 101 Å². The largest absolute Gasteiger partial charge is 0.472 e. The molecule has 45 heavy (non-hydrogen) atoms. The van der Waals surface area contributed by atoms with E-state index in [2.05, 4.69) is 55.6 Å². The fraction of sp³-hybridized carbons (Fsp3) is 0.750. The van der Waals surface area contributed by atoms with Crippen LogP contribution in [0, 0.1) is 0 Å². The Hall–Kier alpha value is -1.54. The number of phosphoric acid groups is 1. The summed E-state index contributed by atoms with van der Waals surface area (Å²) in [4.78, 5) is 22.9. The van der Waals surface area contributed by atoms with Crippen LogP contribution in [0.15, 0.2) is 48.6 Å². The van der Waals surface area contributed by atoms with E-state index >= 15 is 0 Å². The van der Waals surface area contributed by atoms with Gasteiger partial charge in [0.05, 0.1) is 39.9 Å². The Kier molecular flexibility index (Phi) is 27.7. The molecule has 0 aromatic rings. The molecule has 0 aliphatic carbocycles. The van der Waals surface area contributed by atoms with E-state index in [9.17, 15) is 19.4 Å². The van der Waals surface area contributed by atoms with Crippen LogP contribution in [0.5, 0.6) is 0 Å². The first kappa shape index (κ1) is 43.5. The number of quaternary nitrogens is 1. The van der Waals surface area contributed by atoms with Crippen LogP contribution < -0.4 is 5.32 Å². The Balaban J connectivity index is 4.67. The summed E-state index contributed by atoms with van der Waals surface area (Å²) in [6.07, 6.45) is 33.3. The second-order valence-corrected chi connectivity index (χ2v) is 14.3. The number of phosphoric ester groups is 1.